The maximum absolute atomic E-state index is 12.5. The first-order valence-electron chi connectivity index (χ1n) is 7.98. The van der Waals surface area contributed by atoms with Gasteiger partial charge in [0.15, 0.2) is 11.5 Å². The normalized spacial score (nSPS) is 16.5. The van der Waals surface area contributed by atoms with Crippen LogP contribution in [0, 0.1) is 5.92 Å². The van der Waals surface area contributed by atoms with E-state index in [1.165, 1.54) is 30.6 Å². The summed E-state index contributed by atoms with van der Waals surface area (Å²) in [5.41, 5.74) is 0.445. The SMILES string of the molecule is C=CN=C/C(Cl)=C(\Cl)CC(O)c1ccc(OC(F)F)c(OCC2CC2)c1. The van der Waals surface area contributed by atoms with Crippen LogP contribution < -0.4 is 9.47 Å². The molecule has 0 bridgehead atoms. The highest BCUT2D eigenvalue weighted by molar-refractivity contribution is 6.45. The number of rotatable bonds is 10. The Morgan fingerprint density at radius 1 is 1.35 bits per heavy atom. The van der Waals surface area contributed by atoms with E-state index in [4.69, 9.17) is 27.9 Å². The van der Waals surface area contributed by atoms with Crippen LogP contribution in [0.5, 0.6) is 11.5 Å². The van der Waals surface area contributed by atoms with Gasteiger partial charge in [0.05, 0.1) is 17.7 Å². The molecule has 0 spiro atoms. The van der Waals surface area contributed by atoms with Crippen LogP contribution in [0.15, 0.2) is 46.0 Å². The second-order valence-electron chi connectivity index (χ2n) is 5.77. The first-order chi connectivity index (χ1) is 12.4. The molecule has 1 N–H and O–H groups in total. The van der Waals surface area contributed by atoms with Gasteiger partial charge in [0.2, 0.25) is 0 Å². The van der Waals surface area contributed by atoms with Crippen LogP contribution in [0.2, 0.25) is 0 Å². The third-order valence-corrected chi connectivity index (χ3v) is 4.45. The molecule has 1 unspecified atom stereocenters. The van der Waals surface area contributed by atoms with Gasteiger partial charge >= 0.3 is 6.61 Å². The number of aliphatic hydroxyl groups excluding tert-OH is 1. The van der Waals surface area contributed by atoms with Crippen LogP contribution in [0.4, 0.5) is 8.78 Å². The lowest BCUT2D eigenvalue weighted by Gasteiger charge is -2.16. The second kappa shape index (κ2) is 9.90. The van der Waals surface area contributed by atoms with Gasteiger partial charge in [-0.05, 0) is 36.5 Å². The van der Waals surface area contributed by atoms with Gasteiger partial charge in [0, 0.05) is 23.9 Å². The molecule has 26 heavy (non-hydrogen) atoms. The average Bonchev–Trinajstić information content (AvgIpc) is 3.42. The minimum absolute atomic E-state index is 0.0284. The summed E-state index contributed by atoms with van der Waals surface area (Å²) in [7, 11) is 0. The Morgan fingerprint density at radius 2 is 2.08 bits per heavy atom. The molecule has 0 saturated heterocycles. The fourth-order valence-corrected chi connectivity index (χ4v) is 2.43. The standard InChI is InChI=1S/C18H19Cl2F2NO3/c1-2-23-9-14(20)13(19)8-15(24)12-5-6-16(26-18(21)22)17(7-12)25-10-11-3-4-11/h2,5-7,9,11,15,18,24H,1,3-4,8,10H2/b14-13+,23-9?. The van der Waals surface area contributed by atoms with Gasteiger partial charge in [0.1, 0.15) is 0 Å². The fourth-order valence-electron chi connectivity index (χ4n) is 2.10. The summed E-state index contributed by atoms with van der Waals surface area (Å²) in [4.78, 5) is 3.75. The summed E-state index contributed by atoms with van der Waals surface area (Å²) in [6, 6.07) is 4.29. The first kappa shape index (κ1) is 20.7. The summed E-state index contributed by atoms with van der Waals surface area (Å²) in [6.07, 6.45) is 3.75. The third-order valence-electron chi connectivity index (χ3n) is 3.67. The number of halogens is 4. The molecule has 0 aliphatic heterocycles. The molecule has 8 heteroatoms. The van der Waals surface area contributed by atoms with Crippen molar-refractivity contribution in [1.82, 2.24) is 0 Å². The predicted molar refractivity (Wildman–Crippen MR) is 98.3 cm³/mol. The maximum Gasteiger partial charge on any atom is 0.387 e. The lowest BCUT2D eigenvalue weighted by molar-refractivity contribution is -0.0515. The van der Waals surface area contributed by atoms with Crippen LogP contribution in [-0.2, 0) is 0 Å². The number of allylic oxidation sites excluding steroid dienone is 1. The Morgan fingerprint density at radius 3 is 2.69 bits per heavy atom. The monoisotopic (exact) mass is 405 g/mol. The molecular formula is C18H19Cl2F2NO3. The molecule has 142 valence electrons. The summed E-state index contributed by atoms with van der Waals surface area (Å²) < 4.78 is 35.2. The van der Waals surface area contributed by atoms with Crippen molar-refractivity contribution in [3.05, 3.63) is 46.6 Å². The molecule has 1 atom stereocenters. The zero-order chi connectivity index (χ0) is 19.1. The Bertz CT molecular complexity index is 691. The number of hydrogen-bond acceptors (Lipinski definition) is 4. The molecule has 1 fully saturated rings. The van der Waals surface area contributed by atoms with Crippen molar-refractivity contribution in [3.63, 3.8) is 0 Å². The highest BCUT2D eigenvalue weighted by atomic mass is 35.5. The fraction of sp³-hybridized carbons (Fsp3) is 0.389. The van der Waals surface area contributed by atoms with Crippen molar-refractivity contribution in [3.8, 4) is 11.5 Å². The average molecular weight is 406 g/mol. The van der Waals surface area contributed by atoms with E-state index in [9.17, 15) is 13.9 Å². The number of nitrogens with zero attached hydrogens (tertiary/aromatic N) is 1. The molecule has 1 aromatic carbocycles. The Labute approximate surface area is 160 Å². The van der Waals surface area contributed by atoms with Crippen LogP contribution >= 0.6 is 23.2 Å². The Balaban J connectivity index is 2.14. The lowest BCUT2D eigenvalue weighted by Crippen LogP contribution is -2.07. The van der Waals surface area contributed by atoms with Crippen LogP contribution in [0.1, 0.15) is 30.9 Å². The largest absolute Gasteiger partial charge is 0.489 e. The van der Waals surface area contributed by atoms with Crippen molar-refractivity contribution in [2.24, 2.45) is 10.9 Å². The van der Waals surface area contributed by atoms with E-state index < -0.39 is 12.7 Å². The van der Waals surface area contributed by atoms with E-state index in [0.29, 0.717) is 18.1 Å². The molecule has 0 aromatic heterocycles. The van der Waals surface area contributed by atoms with E-state index in [1.54, 1.807) is 0 Å². The minimum Gasteiger partial charge on any atom is -0.489 e. The quantitative estimate of drug-likeness (QED) is 0.529. The highest BCUT2D eigenvalue weighted by Gasteiger charge is 2.23. The Kier molecular flexibility index (Phi) is 7.87. The minimum atomic E-state index is -2.96. The summed E-state index contributed by atoms with van der Waals surface area (Å²) in [6.45, 7) is 0.879. The topological polar surface area (TPSA) is 51.1 Å². The van der Waals surface area contributed by atoms with Gasteiger partial charge in [-0.15, -0.1) is 0 Å². The van der Waals surface area contributed by atoms with E-state index >= 15 is 0 Å². The smallest absolute Gasteiger partial charge is 0.387 e. The molecule has 1 aliphatic rings. The number of benzene rings is 1. The maximum atomic E-state index is 12.5. The first-order valence-corrected chi connectivity index (χ1v) is 8.74. The van der Waals surface area contributed by atoms with Gasteiger partial charge in [-0.1, -0.05) is 35.8 Å². The third kappa shape index (κ3) is 6.59. The van der Waals surface area contributed by atoms with E-state index in [-0.39, 0.29) is 28.0 Å². The highest BCUT2D eigenvalue weighted by Crippen LogP contribution is 2.36. The van der Waals surface area contributed by atoms with Crippen LogP contribution in [0.25, 0.3) is 0 Å². The van der Waals surface area contributed by atoms with E-state index in [0.717, 1.165) is 12.8 Å². The van der Waals surface area contributed by atoms with Crippen molar-refractivity contribution < 1.29 is 23.4 Å². The summed E-state index contributed by atoms with van der Waals surface area (Å²) in [5, 5.41) is 10.7. The molecule has 2 rings (SSSR count). The molecule has 0 radical (unpaired) electrons. The second-order valence-corrected chi connectivity index (χ2v) is 6.64. The van der Waals surface area contributed by atoms with Crippen molar-refractivity contribution >= 4 is 29.4 Å². The number of ether oxygens (including phenoxy) is 2. The number of aliphatic hydroxyl groups is 1. The van der Waals surface area contributed by atoms with Crippen molar-refractivity contribution in [1.29, 1.82) is 0 Å². The van der Waals surface area contributed by atoms with Crippen molar-refractivity contribution in [2.75, 3.05) is 6.61 Å². The lowest BCUT2D eigenvalue weighted by atomic mass is 10.1. The molecule has 1 aliphatic carbocycles. The van der Waals surface area contributed by atoms with Crippen LogP contribution in [-0.4, -0.2) is 24.5 Å². The van der Waals surface area contributed by atoms with Gasteiger partial charge in [-0.25, -0.2) is 0 Å². The van der Waals surface area contributed by atoms with Crippen LogP contribution in [0.3, 0.4) is 0 Å². The van der Waals surface area contributed by atoms with E-state index in [2.05, 4.69) is 16.3 Å². The summed E-state index contributed by atoms with van der Waals surface area (Å²) >= 11 is 12.0. The zero-order valence-electron chi connectivity index (χ0n) is 13.9. The number of aliphatic imine (C=N–C) groups is 1. The molecule has 1 aromatic rings. The van der Waals surface area contributed by atoms with Crippen molar-refractivity contribution in [2.45, 2.75) is 32.0 Å². The van der Waals surface area contributed by atoms with Gasteiger partial charge in [-0.2, -0.15) is 8.78 Å². The molecular weight excluding hydrogens is 387 g/mol. The number of hydrogen-bond donors (Lipinski definition) is 1. The summed E-state index contributed by atoms with van der Waals surface area (Å²) in [5.74, 6) is 0.519. The Hall–Kier alpha value is -1.63. The van der Waals surface area contributed by atoms with Gasteiger partial charge in [0.25, 0.3) is 0 Å². The predicted octanol–water partition coefficient (Wildman–Crippen LogP) is 5.40. The van der Waals surface area contributed by atoms with Gasteiger partial charge < -0.3 is 14.6 Å². The molecule has 1 saturated carbocycles. The molecule has 0 amide bonds. The van der Waals surface area contributed by atoms with E-state index in [1.807, 2.05) is 0 Å². The van der Waals surface area contributed by atoms with Gasteiger partial charge in [-0.3, -0.25) is 4.99 Å². The molecule has 0 heterocycles. The number of alkyl halides is 2. The molecule has 4 nitrogen and oxygen atoms in total. The zero-order valence-corrected chi connectivity index (χ0v) is 15.4.